The van der Waals surface area contributed by atoms with Gasteiger partial charge in [0.2, 0.25) is 0 Å². The lowest BCUT2D eigenvalue weighted by atomic mass is 10.1. The van der Waals surface area contributed by atoms with Crippen LogP contribution in [0.25, 0.3) is 0 Å². The molecule has 3 heteroatoms. The summed E-state index contributed by atoms with van der Waals surface area (Å²) in [5.74, 6) is 1.03. The molecule has 1 nitrogen and oxygen atoms in total. The van der Waals surface area contributed by atoms with Gasteiger partial charge in [-0.3, -0.25) is 0 Å². The molecule has 0 heterocycles. The van der Waals surface area contributed by atoms with Crippen molar-refractivity contribution in [3.05, 3.63) is 63.2 Å². The molecule has 100 valence electrons. The van der Waals surface area contributed by atoms with Crippen LogP contribution >= 0.6 is 34.4 Å². The molecule has 0 aliphatic heterocycles. The second-order valence-electron chi connectivity index (χ2n) is 4.49. The van der Waals surface area contributed by atoms with E-state index in [9.17, 15) is 0 Å². The van der Waals surface area contributed by atoms with Crippen LogP contribution in [0.4, 0.5) is 0 Å². The van der Waals surface area contributed by atoms with E-state index in [4.69, 9.17) is 0 Å². The molecule has 0 aliphatic rings. The molecular formula is C16H18INS. The number of nitrogens with one attached hydrogen (secondary N) is 1. The fourth-order valence-electron chi connectivity index (χ4n) is 1.77. The third-order valence-electron chi connectivity index (χ3n) is 3.13. The van der Waals surface area contributed by atoms with Gasteiger partial charge in [0, 0.05) is 20.3 Å². The Morgan fingerprint density at radius 2 is 1.68 bits per heavy atom. The van der Waals surface area contributed by atoms with Crippen molar-refractivity contribution in [3.8, 4) is 0 Å². The zero-order valence-electron chi connectivity index (χ0n) is 11.2. The Balaban J connectivity index is 1.94. The van der Waals surface area contributed by atoms with E-state index in [1.165, 1.54) is 19.6 Å². The van der Waals surface area contributed by atoms with E-state index in [1.807, 2.05) is 18.8 Å². The minimum Gasteiger partial charge on any atom is -0.313 e. The van der Waals surface area contributed by atoms with Gasteiger partial charge in [-0.05, 0) is 72.0 Å². The van der Waals surface area contributed by atoms with E-state index in [2.05, 4.69) is 83.4 Å². The van der Waals surface area contributed by atoms with Gasteiger partial charge in [0.25, 0.3) is 0 Å². The highest BCUT2D eigenvalue weighted by atomic mass is 127. The predicted octanol–water partition coefficient (Wildman–Crippen LogP) is 4.86. The van der Waals surface area contributed by atoms with Gasteiger partial charge in [-0.15, -0.1) is 11.8 Å². The van der Waals surface area contributed by atoms with Crippen LogP contribution < -0.4 is 5.32 Å². The lowest BCUT2D eigenvalue weighted by molar-refractivity contribution is 0.652. The molecule has 0 radical (unpaired) electrons. The number of thioether (sulfide) groups is 1. The van der Waals surface area contributed by atoms with E-state index < -0.39 is 0 Å². The quantitative estimate of drug-likeness (QED) is 0.584. The zero-order chi connectivity index (χ0) is 13.7. The minimum atomic E-state index is 0.412. The Morgan fingerprint density at radius 1 is 1.05 bits per heavy atom. The molecule has 1 atom stereocenters. The van der Waals surface area contributed by atoms with Crippen LogP contribution in [-0.2, 0) is 5.75 Å². The van der Waals surface area contributed by atoms with Crippen molar-refractivity contribution in [3.63, 3.8) is 0 Å². The Morgan fingerprint density at radius 3 is 2.26 bits per heavy atom. The summed E-state index contributed by atoms with van der Waals surface area (Å²) in [6.07, 6.45) is 0. The fourth-order valence-corrected chi connectivity index (χ4v) is 2.98. The Labute approximate surface area is 133 Å². The van der Waals surface area contributed by atoms with Crippen molar-refractivity contribution >= 4 is 34.4 Å². The second-order valence-corrected chi connectivity index (χ2v) is 6.79. The molecule has 1 unspecified atom stereocenters. The Hall–Kier alpha value is -0.520. The monoisotopic (exact) mass is 383 g/mol. The highest BCUT2D eigenvalue weighted by Gasteiger charge is 2.02. The molecule has 19 heavy (non-hydrogen) atoms. The topological polar surface area (TPSA) is 12.0 Å². The molecule has 0 amide bonds. The first kappa shape index (κ1) is 14.9. The summed E-state index contributed by atoms with van der Waals surface area (Å²) in [4.78, 5) is 1.32. The van der Waals surface area contributed by atoms with Gasteiger partial charge in [-0.25, -0.2) is 0 Å². The SMILES string of the molecule is CNC(C)c1ccc(SCc2ccc(I)cc2)cc1. The Bertz CT molecular complexity index is 507. The summed E-state index contributed by atoms with van der Waals surface area (Å²) in [5.41, 5.74) is 2.71. The summed E-state index contributed by atoms with van der Waals surface area (Å²) in [5, 5.41) is 3.26. The molecule has 2 aromatic rings. The average molecular weight is 383 g/mol. The van der Waals surface area contributed by atoms with E-state index >= 15 is 0 Å². The molecule has 0 bridgehead atoms. The van der Waals surface area contributed by atoms with Crippen LogP contribution in [-0.4, -0.2) is 7.05 Å². The Kier molecular flexibility index (Phi) is 5.73. The standard InChI is InChI=1S/C16H18INS/c1-12(18-2)14-5-9-16(10-6-14)19-11-13-3-7-15(17)8-4-13/h3-10,12,18H,11H2,1-2H3. The molecule has 0 aromatic heterocycles. The predicted molar refractivity (Wildman–Crippen MR) is 92.6 cm³/mol. The number of hydrogen-bond donors (Lipinski definition) is 1. The van der Waals surface area contributed by atoms with Crippen LogP contribution in [0, 0.1) is 3.57 Å². The van der Waals surface area contributed by atoms with Crippen LogP contribution in [0.1, 0.15) is 24.1 Å². The van der Waals surface area contributed by atoms with E-state index in [1.54, 1.807) is 0 Å². The number of halogens is 1. The molecule has 0 fully saturated rings. The maximum Gasteiger partial charge on any atom is 0.0289 e. The van der Waals surface area contributed by atoms with Gasteiger partial charge < -0.3 is 5.32 Å². The highest BCUT2D eigenvalue weighted by molar-refractivity contribution is 14.1. The van der Waals surface area contributed by atoms with E-state index in [0.29, 0.717) is 6.04 Å². The first-order chi connectivity index (χ1) is 9.19. The number of hydrogen-bond acceptors (Lipinski definition) is 2. The largest absolute Gasteiger partial charge is 0.313 e. The van der Waals surface area contributed by atoms with E-state index in [-0.39, 0.29) is 0 Å². The molecule has 0 aliphatic carbocycles. The summed E-state index contributed by atoms with van der Waals surface area (Å²) in [6, 6.07) is 18.0. The van der Waals surface area contributed by atoms with Gasteiger partial charge in [-0.1, -0.05) is 24.3 Å². The van der Waals surface area contributed by atoms with Gasteiger partial charge >= 0.3 is 0 Å². The summed E-state index contributed by atoms with van der Waals surface area (Å²) >= 11 is 4.22. The van der Waals surface area contributed by atoms with Crippen molar-refractivity contribution < 1.29 is 0 Å². The molecule has 0 saturated heterocycles. The first-order valence-corrected chi connectivity index (χ1v) is 8.40. The van der Waals surface area contributed by atoms with Crippen LogP contribution in [0.15, 0.2) is 53.4 Å². The molecule has 1 N–H and O–H groups in total. The van der Waals surface area contributed by atoms with Crippen molar-refractivity contribution in [2.24, 2.45) is 0 Å². The highest BCUT2D eigenvalue weighted by Crippen LogP contribution is 2.24. The van der Waals surface area contributed by atoms with Gasteiger partial charge in [0.05, 0.1) is 0 Å². The minimum absolute atomic E-state index is 0.412. The fraction of sp³-hybridized carbons (Fsp3) is 0.250. The third kappa shape index (κ3) is 4.51. The maximum atomic E-state index is 3.26. The summed E-state index contributed by atoms with van der Waals surface area (Å²) in [6.45, 7) is 2.17. The van der Waals surface area contributed by atoms with Gasteiger partial charge in [-0.2, -0.15) is 0 Å². The lowest BCUT2D eigenvalue weighted by Gasteiger charge is -2.11. The molecule has 2 aromatic carbocycles. The summed E-state index contributed by atoms with van der Waals surface area (Å²) < 4.78 is 1.29. The second kappa shape index (κ2) is 7.31. The zero-order valence-corrected chi connectivity index (χ0v) is 14.2. The van der Waals surface area contributed by atoms with Crippen LogP contribution in [0.2, 0.25) is 0 Å². The number of rotatable bonds is 5. The van der Waals surface area contributed by atoms with E-state index in [0.717, 1.165) is 5.75 Å². The van der Waals surface area contributed by atoms with Crippen LogP contribution in [0.5, 0.6) is 0 Å². The number of benzene rings is 2. The molecular weight excluding hydrogens is 365 g/mol. The average Bonchev–Trinajstić information content (AvgIpc) is 2.46. The van der Waals surface area contributed by atoms with Crippen molar-refractivity contribution in [2.75, 3.05) is 7.05 Å². The van der Waals surface area contributed by atoms with Crippen molar-refractivity contribution in [1.82, 2.24) is 5.32 Å². The molecule has 0 saturated carbocycles. The molecule has 2 rings (SSSR count). The van der Waals surface area contributed by atoms with Gasteiger partial charge in [0.1, 0.15) is 0 Å². The molecule has 0 spiro atoms. The van der Waals surface area contributed by atoms with Crippen LogP contribution in [0.3, 0.4) is 0 Å². The third-order valence-corrected chi connectivity index (χ3v) is 4.93. The maximum absolute atomic E-state index is 3.26. The van der Waals surface area contributed by atoms with Crippen molar-refractivity contribution in [2.45, 2.75) is 23.6 Å². The smallest absolute Gasteiger partial charge is 0.0289 e. The first-order valence-electron chi connectivity index (χ1n) is 6.33. The normalized spacial score (nSPS) is 12.4. The van der Waals surface area contributed by atoms with Gasteiger partial charge in [0.15, 0.2) is 0 Å². The van der Waals surface area contributed by atoms with Crippen molar-refractivity contribution in [1.29, 1.82) is 0 Å². The lowest BCUT2D eigenvalue weighted by Crippen LogP contribution is -2.11. The summed E-state index contributed by atoms with van der Waals surface area (Å²) in [7, 11) is 1.99.